The van der Waals surface area contributed by atoms with Gasteiger partial charge in [-0.3, -0.25) is 4.79 Å². The third kappa shape index (κ3) is 4.77. The van der Waals surface area contributed by atoms with Crippen molar-refractivity contribution in [2.45, 2.75) is 24.7 Å². The Hall–Kier alpha value is -2.99. The van der Waals surface area contributed by atoms with Gasteiger partial charge < -0.3 is 18.3 Å². The first-order chi connectivity index (χ1) is 12.8. The SMILES string of the molecule is N#CCCN(Cc1ccco1)C(=O)CSc1nncn1Cc1ccco1. The van der Waals surface area contributed by atoms with Crippen molar-refractivity contribution >= 4 is 17.7 Å². The number of thioether (sulfide) groups is 1. The summed E-state index contributed by atoms with van der Waals surface area (Å²) in [5.41, 5.74) is 0. The first kappa shape index (κ1) is 17.8. The summed E-state index contributed by atoms with van der Waals surface area (Å²) in [6.07, 6.45) is 5.04. The highest BCUT2D eigenvalue weighted by molar-refractivity contribution is 7.99. The van der Waals surface area contributed by atoms with Gasteiger partial charge in [-0.2, -0.15) is 5.26 Å². The molecule has 3 heterocycles. The zero-order valence-corrected chi connectivity index (χ0v) is 14.8. The molecule has 0 bridgehead atoms. The summed E-state index contributed by atoms with van der Waals surface area (Å²) in [6, 6.07) is 9.33. The second kappa shape index (κ2) is 8.92. The standard InChI is InChI=1S/C17H17N5O3S/c18-6-3-7-21(10-14-4-1-8-24-14)16(23)12-26-17-20-19-13-22(17)11-15-5-2-9-25-15/h1-2,4-5,8-9,13H,3,7,10-12H2. The molecule has 0 aliphatic heterocycles. The van der Waals surface area contributed by atoms with Crippen molar-refractivity contribution in [3.63, 3.8) is 0 Å². The van der Waals surface area contributed by atoms with Crippen LogP contribution in [-0.4, -0.2) is 37.9 Å². The van der Waals surface area contributed by atoms with Crippen molar-refractivity contribution in [2.24, 2.45) is 0 Å². The molecule has 3 aromatic rings. The van der Waals surface area contributed by atoms with Crippen LogP contribution in [0.3, 0.4) is 0 Å². The van der Waals surface area contributed by atoms with Gasteiger partial charge in [0.05, 0.1) is 43.9 Å². The van der Waals surface area contributed by atoms with E-state index in [9.17, 15) is 4.79 Å². The maximum absolute atomic E-state index is 12.6. The Labute approximate surface area is 154 Å². The van der Waals surface area contributed by atoms with Gasteiger partial charge in [0.15, 0.2) is 5.16 Å². The van der Waals surface area contributed by atoms with Crippen LogP contribution in [0, 0.1) is 11.3 Å². The topological polar surface area (TPSA) is 101 Å². The van der Waals surface area contributed by atoms with E-state index in [0.717, 1.165) is 5.76 Å². The molecule has 8 nitrogen and oxygen atoms in total. The predicted molar refractivity (Wildman–Crippen MR) is 92.9 cm³/mol. The molecular formula is C17H17N5O3S. The number of amides is 1. The molecule has 0 spiro atoms. The second-order valence-corrected chi connectivity index (χ2v) is 6.35. The lowest BCUT2D eigenvalue weighted by Gasteiger charge is -2.20. The fourth-order valence-electron chi connectivity index (χ4n) is 2.32. The Morgan fingerprint density at radius 3 is 2.73 bits per heavy atom. The van der Waals surface area contributed by atoms with Gasteiger partial charge in [0.25, 0.3) is 0 Å². The van der Waals surface area contributed by atoms with Crippen LogP contribution in [0.1, 0.15) is 17.9 Å². The average molecular weight is 371 g/mol. The lowest BCUT2D eigenvalue weighted by Crippen LogP contribution is -2.32. The van der Waals surface area contributed by atoms with Crippen LogP contribution in [-0.2, 0) is 17.9 Å². The zero-order valence-electron chi connectivity index (χ0n) is 13.9. The van der Waals surface area contributed by atoms with Gasteiger partial charge in [0, 0.05) is 6.54 Å². The molecule has 0 saturated carbocycles. The van der Waals surface area contributed by atoms with Gasteiger partial charge in [-0.05, 0) is 24.3 Å². The molecule has 0 atom stereocenters. The quantitative estimate of drug-likeness (QED) is 0.533. The molecule has 1 amide bonds. The number of rotatable bonds is 9. The first-order valence-corrected chi connectivity index (χ1v) is 8.95. The highest BCUT2D eigenvalue weighted by atomic mass is 32.2. The summed E-state index contributed by atoms with van der Waals surface area (Å²) in [6.45, 7) is 1.20. The molecule has 134 valence electrons. The van der Waals surface area contributed by atoms with Crippen LogP contribution in [0.15, 0.2) is 57.1 Å². The highest BCUT2D eigenvalue weighted by Crippen LogP contribution is 2.18. The highest BCUT2D eigenvalue weighted by Gasteiger charge is 2.17. The van der Waals surface area contributed by atoms with E-state index in [2.05, 4.69) is 16.3 Å². The summed E-state index contributed by atoms with van der Waals surface area (Å²) in [5, 5.41) is 17.4. The molecule has 0 unspecified atom stereocenters. The van der Waals surface area contributed by atoms with Crippen molar-refractivity contribution in [1.82, 2.24) is 19.7 Å². The van der Waals surface area contributed by atoms with E-state index < -0.39 is 0 Å². The number of carbonyl (C=O) groups excluding carboxylic acids is 1. The van der Waals surface area contributed by atoms with Crippen molar-refractivity contribution < 1.29 is 13.6 Å². The molecular weight excluding hydrogens is 354 g/mol. The van der Waals surface area contributed by atoms with Crippen LogP contribution >= 0.6 is 11.8 Å². The number of nitriles is 1. The van der Waals surface area contributed by atoms with Gasteiger partial charge in [-0.15, -0.1) is 10.2 Å². The minimum absolute atomic E-state index is 0.0887. The van der Waals surface area contributed by atoms with Crippen LogP contribution in [0.5, 0.6) is 0 Å². The van der Waals surface area contributed by atoms with E-state index in [1.807, 2.05) is 16.7 Å². The monoisotopic (exact) mass is 371 g/mol. The van der Waals surface area contributed by atoms with Crippen LogP contribution < -0.4 is 0 Å². The molecule has 3 rings (SSSR count). The molecule has 0 N–H and O–H groups in total. The summed E-state index contributed by atoms with van der Waals surface area (Å²) >= 11 is 1.30. The Morgan fingerprint density at radius 1 is 1.27 bits per heavy atom. The molecule has 0 saturated heterocycles. The summed E-state index contributed by atoms with van der Waals surface area (Å²) in [5.74, 6) is 1.58. The molecule has 9 heteroatoms. The maximum atomic E-state index is 12.6. The third-order valence-electron chi connectivity index (χ3n) is 3.58. The molecule has 3 aromatic heterocycles. The van der Waals surface area contributed by atoms with Gasteiger partial charge in [-0.1, -0.05) is 11.8 Å². The Bertz CT molecular complexity index is 851. The van der Waals surface area contributed by atoms with Gasteiger partial charge in [0.1, 0.15) is 17.8 Å². The molecule has 0 aliphatic rings. The minimum Gasteiger partial charge on any atom is -0.467 e. The lowest BCUT2D eigenvalue weighted by molar-refractivity contribution is -0.129. The van der Waals surface area contributed by atoms with E-state index >= 15 is 0 Å². The predicted octanol–water partition coefficient (Wildman–Crippen LogP) is 2.55. The first-order valence-electron chi connectivity index (χ1n) is 7.96. The Balaban J connectivity index is 1.59. The van der Waals surface area contributed by atoms with Crippen LogP contribution in [0.2, 0.25) is 0 Å². The Kier molecular flexibility index (Phi) is 6.11. The summed E-state index contributed by atoms with van der Waals surface area (Å²) < 4.78 is 12.5. The molecule has 0 radical (unpaired) electrons. The summed E-state index contributed by atoms with van der Waals surface area (Å²) in [7, 11) is 0. The van der Waals surface area contributed by atoms with Crippen LogP contribution in [0.25, 0.3) is 0 Å². The van der Waals surface area contributed by atoms with E-state index in [-0.39, 0.29) is 18.1 Å². The van der Waals surface area contributed by atoms with E-state index in [1.165, 1.54) is 11.8 Å². The molecule has 0 aliphatic carbocycles. The van der Waals surface area contributed by atoms with Crippen molar-refractivity contribution in [3.8, 4) is 6.07 Å². The van der Waals surface area contributed by atoms with E-state index in [4.69, 9.17) is 14.1 Å². The number of carbonyl (C=O) groups is 1. The smallest absolute Gasteiger partial charge is 0.233 e. The minimum atomic E-state index is -0.0887. The van der Waals surface area contributed by atoms with Crippen LogP contribution in [0.4, 0.5) is 0 Å². The van der Waals surface area contributed by atoms with Gasteiger partial charge >= 0.3 is 0 Å². The number of nitrogens with zero attached hydrogens (tertiary/aromatic N) is 5. The third-order valence-corrected chi connectivity index (χ3v) is 4.55. The zero-order chi connectivity index (χ0) is 18.2. The second-order valence-electron chi connectivity index (χ2n) is 5.41. The number of furan rings is 2. The summed E-state index contributed by atoms with van der Waals surface area (Å²) in [4.78, 5) is 14.2. The van der Waals surface area contributed by atoms with Crippen molar-refractivity contribution in [3.05, 3.63) is 54.6 Å². The molecule has 0 fully saturated rings. The number of hydrogen-bond acceptors (Lipinski definition) is 7. The van der Waals surface area contributed by atoms with Gasteiger partial charge in [0.2, 0.25) is 5.91 Å². The van der Waals surface area contributed by atoms with Crippen molar-refractivity contribution in [2.75, 3.05) is 12.3 Å². The normalized spacial score (nSPS) is 10.6. The number of aromatic nitrogens is 3. The van der Waals surface area contributed by atoms with Crippen molar-refractivity contribution in [1.29, 1.82) is 5.26 Å². The largest absolute Gasteiger partial charge is 0.467 e. The Morgan fingerprint density at radius 2 is 2.04 bits per heavy atom. The van der Waals surface area contributed by atoms with Gasteiger partial charge in [-0.25, -0.2) is 0 Å². The van der Waals surface area contributed by atoms with E-state index in [0.29, 0.717) is 30.6 Å². The molecule has 26 heavy (non-hydrogen) atoms. The van der Waals surface area contributed by atoms with E-state index in [1.54, 1.807) is 35.9 Å². The average Bonchev–Trinajstić information content (AvgIpc) is 3.40. The fraction of sp³-hybridized carbons (Fsp3) is 0.294. The number of hydrogen-bond donors (Lipinski definition) is 0. The maximum Gasteiger partial charge on any atom is 0.233 e. The fourth-order valence-corrected chi connectivity index (χ4v) is 3.14. The molecule has 0 aromatic carbocycles. The lowest BCUT2D eigenvalue weighted by atomic mass is 10.3.